The maximum absolute atomic E-state index is 13.0. The average molecular weight is 358 g/mol. The molecule has 0 aliphatic heterocycles. The molecular weight excluding hydrogens is 343 g/mol. The topological polar surface area (TPSA) is 71.5 Å². The van der Waals surface area contributed by atoms with E-state index in [0.717, 1.165) is 10.4 Å². The van der Waals surface area contributed by atoms with Crippen molar-refractivity contribution in [3.8, 4) is 22.8 Å². The van der Waals surface area contributed by atoms with E-state index in [1.165, 1.54) is 29.5 Å². The maximum atomic E-state index is 13.0. The normalized spacial score (nSPS) is 10.5. The van der Waals surface area contributed by atoms with Gasteiger partial charge in [0.05, 0.1) is 5.69 Å². The Kier molecular flexibility index (Phi) is 4.95. The Morgan fingerprint density at radius 2 is 1.96 bits per heavy atom. The van der Waals surface area contributed by atoms with Crippen LogP contribution in [-0.2, 0) is 4.79 Å². The second-order valence-electron chi connectivity index (χ2n) is 5.24. The van der Waals surface area contributed by atoms with Gasteiger partial charge < -0.3 is 9.84 Å². The van der Waals surface area contributed by atoms with E-state index < -0.39 is 0 Å². The molecule has 2 aromatic carbocycles. The van der Waals surface area contributed by atoms with Crippen LogP contribution in [0.3, 0.4) is 0 Å². The smallest absolute Gasteiger partial charge is 0.264 e. The Morgan fingerprint density at radius 1 is 1.24 bits per heavy atom. The minimum absolute atomic E-state index is 0.0287. The van der Waals surface area contributed by atoms with Crippen molar-refractivity contribution in [1.29, 1.82) is 0 Å². The predicted octanol–water partition coefficient (Wildman–Crippen LogP) is 3.98. The van der Waals surface area contributed by atoms with E-state index >= 15 is 0 Å². The third kappa shape index (κ3) is 4.13. The lowest BCUT2D eigenvalue weighted by atomic mass is 10.1. The number of benzene rings is 2. The van der Waals surface area contributed by atoms with Crippen molar-refractivity contribution < 1.29 is 19.0 Å². The van der Waals surface area contributed by atoms with Gasteiger partial charge in [0, 0.05) is 10.4 Å². The number of ether oxygens (including phenoxy) is 1. The molecule has 0 saturated carbocycles. The molecule has 2 N–H and O–H groups in total. The number of phenolic OH excluding ortho intramolecular Hbond substituents is 1. The number of aromatic hydroxyl groups is 1. The number of halogens is 1. The monoisotopic (exact) mass is 358 g/mol. The fraction of sp³-hybridized carbons (Fsp3) is 0.111. The first-order chi connectivity index (χ1) is 12.0. The number of aryl methyl sites for hydroxylation is 1. The van der Waals surface area contributed by atoms with E-state index in [1.807, 2.05) is 6.92 Å². The van der Waals surface area contributed by atoms with Gasteiger partial charge in [-0.25, -0.2) is 9.37 Å². The third-order valence-electron chi connectivity index (χ3n) is 3.38. The van der Waals surface area contributed by atoms with Crippen LogP contribution in [0.1, 0.15) is 4.88 Å². The highest BCUT2D eigenvalue weighted by Gasteiger charge is 2.13. The second-order valence-corrected chi connectivity index (χ2v) is 6.44. The van der Waals surface area contributed by atoms with Gasteiger partial charge in [-0.2, -0.15) is 0 Å². The molecule has 0 unspecified atom stereocenters. The van der Waals surface area contributed by atoms with Crippen molar-refractivity contribution in [1.82, 2.24) is 4.98 Å². The van der Waals surface area contributed by atoms with Gasteiger partial charge >= 0.3 is 0 Å². The van der Waals surface area contributed by atoms with Gasteiger partial charge in [0.1, 0.15) is 5.82 Å². The van der Waals surface area contributed by atoms with E-state index in [2.05, 4.69) is 10.3 Å². The highest BCUT2D eigenvalue weighted by atomic mass is 32.1. The van der Waals surface area contributed by atoms with E-state index in [1.54, 1.807) is 30.3 Å². The molecule has 0 radical (unpaired) electrons. The Labute approximate surface area is 147 Å². The molecule has 1 heterocycles. The minimum atomic E-state index is -0.386. The fourth-order valence-corrected chi connectivity index (χ4v) is 3.06. The van der Waals surface area contributed by atoms with Crippen LogP contribution in [0.4, 0.5) is 9.52 Å². The summed E-state index contributed by atoms with van der Waals surface area (Å²) in [5.41, 5.74) is 1.48. The number of carbonyl (C=O) groups is 1. The summed E-state index contributed by atoms with van der Waals surface area (Å²) >= 11 is 1.32. The van der Waals surface area contributed by atoms with E-state index in [4.69, 9.17) is 4.74 Å². The highest BCUT2D eigenvalue weighted by molar-refractivity contribution is 7.16. The summed E-state index contributed by atoms with van der Waals surface area (Å²) in [7, 11) is 0. The molecule has 5 nitrogen and oxygen atoms in total. The number of nitrogens with zero attached hydrogens (tertiary/aromatic N) is 1. The molecule has 7 heteroatoms. The molecular formula is C18H15FN2O3S. The number of thiazole rings is 1. The van der Waals surface area contributed by atoms with Gasteiger partial charge in [0.2, 0.25) is 0 Å². The van der Waals surface area contributed by atoms with Gasteiger partial charge in [-0.3, -0.25) is 10.1 Å². The van der Waals surface area contributed by atoms with Gasteiger partial charge in [0.15, 0.2) is 23.2 Å². The first-order valence-electron chi connectivity index (χ1n) is 7.47. The number of anilines is 1. The molecule has 0 bridgehead atoms. The van der Waals surface area contributed by atoms with E-state index in [9.17, 15) is 14.3 Å². The first-order valence-corrected chi connectivity index (χ1v) is 8.28. The summed E-state index contributed by atoms with van der Waals surface area (Å²) in [5.74, 6) is -0.493. The lowest BCUT2D eigenvalue weighted by Gasteiger charge is -2.07. The number of carbonyl (C=O) groups excluding carboxylic acids is 1. The molecule has 3 aromatic rings. The molecule has 0 fully saturated rings. The van der Waals surface area contributed by atoms with Crippen LogP contribution in [-0.4, -0.2) is 22.6 Å². The van der Waals surface area contributed by atoms with Crippen molar-refractivity contribution in [3.05, 3.63) is 59.2 Å². The number of hydrogen-bond acceptors (Lipinski definition) is 5. The molecule has 0 aliphatic rings. The summed E-state index contributed by atoms with van der Waals surface area (Å²) in [5, 5.41) is 12.7. The molecule has 3 rings (SSSR count). The Bertz CT molecular complexity index is 894. The van der Waals surface area contributed by atoms with E-state index in [-0.39, 0.29) is 29.8 Å². The van der Waals surface area contributed by atoms with Crippen molar-refractivity contribution >= 4 is 22.4 Å². The first kappa shape index (κ1) is 16.9. The lowest BCUT2D eigenvalue weighted by Crippen LogP contribution is -2.20. The number of hydrogen-bond donors (Lipinski definition) is 2. The molecule has 1 amide bonds. The lowest BCUT2D eigenvalue weighted by molar-refractivity contribution is -0.118. The van der Waals surface area contributed by atoms with Crippen LogP contribution in [0.5, 0.6) is 11.5 Å². The zero-order chi connectivity index (χ0) is 17.8. The number of nitrogens with one attached hydrogen (secondary N) is 1. The van der Waals surface area contributed by atoms with Gasteiger partial charge in [-0.15, -0.1) is 11.3 Å². The van der Waals surface area contributed by atoms with Crippen LogP contribution >= 0.6 is 11.3 Å². The zero-order valence-corrected chi connectivity index (χ0v) is 14.1. The molecule has 0 aliphatic carbocycles. The Hall–Kier alpha value is -2.93. The van der Waals surface area contributed by atoms with Gasteiger partial charge in [-0.1, -0.05) is 12.1 Å². The van der Waals surface area contributed by atoms with E-state index in [0.29, 0.717) is 10.8 Å². The number of phenols is 1. The standard InChI is InChI=1S/C18H15FN2O3S/c1-11-17(12-6-8-13(19)9-7-12)21-18(25-11)20-16(23)10-24-15-5-3-2-4-14(15)22/h2-9,22H,10H2,1H3,(H,20,21,23). The highest BCUT2D eigenvalue weighted by Crippen LogP contribution is 2.30. The molecule has 128 valence electrons. The summed E-state index contributed by atoms with van der Waals surface area (Å²) in [6.45, 7) is 1.63. The fourth-order valence-electron chi connectivity index (χ4n) is 2.20. The minimum Gasteiger partial charge on any atom is -0.504 e. The van der Waals surface area contributed by atoms with Crippen molar-refractivity contribution in [2.75, 3.05) is 11.9 Å². The number of amides is 1. The quantitative estimate of drug-likeness (QED) is 0.724. The largest absolute Gasteiger partial charge is 0.504 e. The van der Waals surface area contributed by atoms with Crippen molar-refractivity contribution in [2.24, 2.45) is 0 Å². The molecule has 25 heavy (non-hydrogen) atoms. The molecule has 1 aromatic heterocycles. The number of aromatic nitrogens is 1. The number of rotatable bonds is 5. The predicted molar refractivity (Wildman–Crippen MR) is 94.5 cm³/mol. The maximum Gasteiger partial charge on any atom is 0.264 e. The van der Waals surface area contributed by atoms with Crippen LogP contribution < -0.4 is 10.1 Å². The van der Waals surface area contributed by atoms with Crippen LogP contribution in [0, 0.1) is 12.7 Å². The van der Waals surface area contributed by atoms with Crippen LogP contribution in [0.25, 0.3) is 11.3 Å². The zero-order valence-electron chi connectivity index (χ0n) is 13.3. The van der Waals surface area contributed by atoms with Crippen molar-refractivity contribution in [2.45, 2.75) is 6.92 Å². The van der Waals surface area contributed by atoms with Crippen LogP contribution in [0.15, 0.2) is 48.5 Å². The number of para-hydroxylation sites is 2. The molecule has 0 atom stereocenters. The average Bonchev–Trinajstić information content (AvgIpc) is 2.95. The summed E-state index contributed by atoms with van der Waals surface area (Å²) in [6, 6.07) is 12.4. The third-order valence-corrected chi connectivity index (χ3v) is 4.27. The van der Waals surface area contributed by atoms with Crippen LogP contribution in [0.2, 0.25) is 0 Å². The molecule has 0 saturated heterocycles. The van der Waals surface area contributed by atoms with Gasteiger partial charge in [0.25, 0.3) is 5.91 Å². The summed E-state index contributed by atoms with van der Waals surface area (Å²) in [4.78, 5) is 17.3. The second kappa shape index (κ2) is 7.31. The SMILES string of the molecule is Cc1sc(NC(=O)COc2ccccc2O)nc1-c1ccc(F)cc1. The Morgan fingerprint density at radius 3 is 2.68 bits per heavy atom. The van der Waals surface area contributed by atoms with Crippen molar-refractivity contribution in [3.63, 3.8) is 0 Å². The summed E-state index contributed by atoms with van der Waals surface area (Å²) < 4.78 is 18.3. The molecule has 0 spiro atoms. The summed E-state index contributed by atoms with van der Waals surface area (Å²) in [6.07, 6.45) is 0. The Balaban J connectivity index is 1.65. The van der Waals surface area contributed by atoms with Gasteiger partial charge in [-0.05, 0) is 43.3 Å².